The Morgan fingerprint density at radius 2 is 1.62 bits per heavy atom. The number of nitro benzene ring substituents is 1. The third kappa shape index (κ3) is 5.88. The highest BCUT2D eigenvalue weighted by molar-refractivity contribution is 6.33. The van der Waals surface area contributed by atoms with E-state index in [1.54, 1.807) is 12.1 Å². The highest BCUT2D eigenvalue weighted by Crippen LogP contribution is 2.39. The monoisotopic (exact) mass is 561 g/mol. The summed E-state index contributed by atoms with van der Waals surface area (Å²) in [5.74, 6) is -4.13. The minimum absolute atomic E-state index is 0.000432. The molecule has 4 rings (SSSR count). The van der Waals surface area contributed by atoms with E-state index in [1.165, 1.54) is 12.1 Å². The molecule has 0 atom stereocenters. The van der Waals surface area contributed by atoms with Crippen molar-refractivity contribution in [3.63, 3.8) is 0 Å². The maximum absolute atomic E-state index is 13.9. The van der Waals surface area contributed by atoms with Gasteiger partial charge in [0.05, 0.1) is 20.9 Å². The molecule has 0 saturated carbocycles. The number of non-ortho nitro benzene ring substituents is 1. The Morgan fingerprint density at radius 3 is 2.21 bits per heavy atom. The van der Waals surface area contributed by atoms with E-state index < -0.39 is 45.3 Å². The Morgan fingerprint density at radius 1 is 0.974 bits per heavy atom. The standard InChI is InChI=1S/C27H19ClF3NO7/c1-26(2,3)14-4-7-16(8-5-14)37-23-22(33)18-10-9-17(13-21(18)39-24(23)27(29,30)31)38-25(34)19-12-15(32(35)36)6-11-20(19)28/h4-13H,1-3H3. The van der Waals surface area contributed by atoms with Crippen LogP contribution in [0, 0.1) is 10.1 Å². The predicted molar refractivity (Wildman–Crippen MR) is 136 cm³/mol. The van der Waals surface area contributed by atoms with Gasteiger partial charge in [-0.1, -0.05) is 44.5 Å². The fraction of sp³-hybridized carbons (Fsp3) is 0.185. The second-order valence-electron chi connectivity index (χ2n) is 9.43. The maximum Gasteiger partial charge on any atom is 0.453 e. The van der Waals surface area contributed by atoms with Crippen molar-refractivity contribution < 1.29 is 36.8 Å². The average Bonchev–Trinajstić information content (AvgIpc) is 2.84. The van der Waals surface area contributed by atoms with Crippen molar-refractivity contribution in [2.45, 2.75) is 32.4 Å². The van der Waals surface area contributed by atoms with E-state index in [1.807, 2.05) is 20.8 Å². The van der Waals surface area contributed by atoms with Crippen LogP contribution in [0.4, 0.5) is 18.9 Å². The van der Waals surface area contributed by atoms with Crippen molar-refractivity contribution in [3.05, 3.63) is 103 Å². The number of alkyl halides is 3. The Labute approximate surface area is 223 Å². The predicted octanol–water partition coefficient (Wildman–Crippen LogP) is 7.68. The first-order chi connectivity index (χ1) is 18.1. The summed E-state index contributed by atoms with van der Waals surface area (Å²) in [5, 5.41) is 10.6. The quantitative estimate of drug-likeness (QED) is 0.106. The van der Waals surface area contributed by atoms with Gasteiger partial charge in [0.2, 0.25) is 11.2 Å². The lowest BCUT2D eigenvalue weighted by atomic mass is 9.87. The zero-order valence-electron chi connectivity index (χ0n) is 20.6. The number of hydrogen-bond acceptors (Lipinski definition) is 7. The fourth-order valence-corrected chi connectivity index (χ4v) is 3.78. The van der Waals surface area contributed by atoms with Crippen LogP contribution in [0.25, 0.3) is 11.0 Å². The largest absolute Gasteiger partial charge is 0.453 e. The Hall–Kier alpha value is -4.38. The van der Waals surface area contributed by atoms with Crippen molar-refractivity contribution in [1.29, 1.82) is 0 Å². The number of benzene rings is 3. The molecule has 1 heterocycles. The Kier molecular flexibility index (Phi) is 7.14. The van der Waals surface area contributed by atoms with Crippen LogP contribution in [-0.4, -0.2) is 10.9 Å². The summed E-state index contributed by atoms with van der Waals surface area (Å²) < 4.78 is 57.2. The summed E-state index contributed by atoms with van der Waals surface area (Å²) in [5.41, 5.74) is -1.69. The third-order valence-electron chi connectivity index (χ3n) is 5.61. The van der Waals surface area contributed by atoms with Gasteiger partial charge in [0.1, 0.15) is 17.1 Å². The van der Waals surface area contributed by atoms with Gasteiger partial charge in [-0.15, -0.1) is 0 Å². The first-order valence-electron chi connectivity index (χ1n) is 11.3. The molecule has 0 bridgehead atoms. The number of ether oxygens (including phenoxy) is 2. The summed E-state index contributed by atoms with van der Waals surface area (Å²) in [7, 11) is 0. The van der Waals surface area contributed by atoms with Crippen LogP contribution in [0.2, 0.25) is 5.02 Å². The lowest BCUT2D eigenvalue weighted by Crippen LogP contribution is -2.16. The average molecular weight is 562 g/mol. The summed E-state index contributed by atoms with van der Waals surface area (Å²) in [6.07, 6.45) is -5.10. The number of hydrogen-bond donors (Lipinski definition) is 0. The second kappa shape index (κ2) is 10.1. The first-order valence-corrected chi connectivity index (χ1v) is 11.7. The van der Waals surface area contributed by atoms with Crippen LogP contribution < -0.4 is 14.9 Å². The van der Waals surface area contributed by atoms with Gasteiger partial charge in [-0.05, 0) is 41.3 Å². The van der Waals surface area contributed by atoms with Gasteiger partial charge in [0.15, 0.2) is 0 Å². The first kappa shape index (κ1) is 27.6. The molecule has 8 nitrogen and oxygen atoms in total. The molecule has 0 N–H and O–H groups in total. The number of fused-ring (bicyclic) bond motifs is 1. The van der Waals surface area contributed by atoms with Gasteiger partial charge < -0.3 is 13.9 Å². The fourth-order valence-electron chi connectivity index (χ4n) is 3.59. The smallest absolute Gasteiger partial charge is 0.449 e. The molecule has 202 valence electrons. The van der Waals surface area contributed by atoms with Crippen LogP contribution in [0.5, 0.6) is 17.2 Å². The molecule has 0 fully saturated rings. The minimum atomic E-state index is -5.10. The van der Waals surface area contributed by atoms with Crippen LogP contribution in [-0.2, 0) is 11.6 Å². The zero-order valence-corrected chi connectivity index (χ0v) is 21.3. The number of carbonyl (C=O) groups excluding carboxylic acids is 1. The molecule has 1 aromatic heterocycles. The summed E-state index contributed by atoms with van der Waals surface area (Å²) >= 11 is 5.94. The number of esters is 1. The summed E-state index contributed by atoms with van der Waals surface area (Å²) in [6.45, 7) is 5.89. The Bertz CT molecular complexity index is 1660. The van der Waals surface area contributed by atoms with Crippen molar-refractivity contribution in [2.24, 2.45) is 0 Å². The number of rotatable bonds is 5. The minimum Gasteiger partial charge on any atom is -0.449 e. The van der Waals surface area contributed by atoms with Gasteiger partial charge in [-0.3, -0.25) is 14.9 Å². The van der Waals surface area contributed by atoms with E-state index in [4.69, 9.17) is 25.5 Å². The van der Waals surface area contributed by atoms with Gasteiger partial charge in [-0.2, -0.15) is 13.2 Å². The van der Waals surface area contributed by atoms with Crippen molar-refractivity contribution in [3.8, 4) is 17.2 Å². The molecule has 0 radical (unpaired) electrons. The molecule has 0 aliphatic carbocycles. The molecule has 0 unspecified atom stereocenters. The molecule has 0 saturated heterocycles. The van der Waals surface area contributed by atoms with Gasteiger partial charge in [-0.25, -0.2) is 4.79 Å². The SMILES string of the molecule is CC(C)(C)c1ccc(Oc2c(C(F)(F)F)oc3cc(OC(=O)c4cc([N+](=O)[O-])ccc4Cl)ccc3c2=O)cc1. The highest BCUT2D eigenvalue weighted by atomic mass is 35.5. The molecular formula is C27H19ClF3NO7. The van der Waals surface area contributed by atoms with Gasteiger partial charge in [0, 0.05) is 18.2 Å². The summed E-state index contributed by atoms with van der Waals surface area (Å²) in [6, 6.07) is 12.5. The number of nitrogens with zero attached hydrogens (tertiary/aromatic N) is 1. The van der Waals surface area contributed by atoms with Crippen molar-refractivity contribution >= 4 is 34.2 Å². The van der Waals surface area contributed by atoms with Gasteiger partial charge >= 0.3 is 12.1 Å². The second-order valence-corrected chi connectivity index (χ2v) is 9.84. The summed E-state index contributed by atoms with van der Waals surface area (Å²) in [4.78, 5) is 35.9. The van der Waals surface area contributed by atoms with Crippen LogP contribution >= 0.6 is 11.6 Å². The van der Waals surface area contributed by atoms with Crippen molar-refractivity contribution in [1.82, 2.24) is 0 Å². The van der Waals surface area contributed by atoms with Crippen LogP contribution in [0.3, 0.4) is 0 Å². The van der Waals surface area contributed by atoms with Crippen LogP contribution in [0.1, 0.15) is 42.5 Å². The molecule has 0 aliphatic rings. The Balaban J connectivity index is 1.72. The number of carbonyl (C=O) groups is 1. The van der Waals surface area contributed by atoms with E-state index in [2.05, 4.69) is 0 Å². The lowest BCUT2D eigenvalue weighted by molar-refractivity contribution is -0.384. The van der Waals surface area contributed by atoms with Crippen LogP contribution in [0.15, 0.2) is 69.9 Å². The molecule has 0 aliphatic heterocycles. The highest BCUT2D eigenvalue weighted by Gasteiger charge is 2.40. The molecule has 3 aromatic carbocycles. The van der Waals surface area contributed by atoms with Crippen molar-refractivity contribution in [2.75, 3.05) is 0 Å². The lowest BCUT2D eigenvalue weighted by Gasteiger charge is -2.19. The normalized spacial score (nSPS) is 11.9. The van der Waals surface area contributed by atoms with E-state index in [0.29, 0.717) is 0 Å². The molecule has 39 heavy (non-hydrogen) atoms. The molecular weight excluding hydrogens is 543 g/mol. The van der Waals surface area contributed by atoms with E-state index in [-0.39, 0.29) is 32.9 Å². The van der Waals surface area contributed by atoms with E-state index >= 15 is 0 Å². The number of halogens is 4. The van der Waals surface area contributed by atoms with Gasteiger partial charge in [0.25, 0.3) is 11.4 Å². The van der Waals surface area contributed by atoms with E-state index in [0.717, 1.165) is 42.0 Å². The molecule has 4 aromatic rings. The molecule has 0 spiro atoms. The van der Waals surface area contributed by atoms with E-state index in [9.17, 15) is 32.9 Å². The maximum atomic E-state index is 13.9. The number of nitro groups is 1. The third-order valence-corrected chi connectivity index (χ3v) is 5.94. The molecule has 12 heteroatoms. The molecule has 0 amide bonds. The topological polar surface area (TPSA) is 109 Å². The zero-order chi connectivity index (χ0) is 28.7.